The van der Waals surface area contributed by atoms with Crippen molar-refractivity contribution >= 4 is 22.9 Å². The maximum absolute atomic E-state index is 12.0. The molecular weight excluding hydrogens is 372 g/mol. The summed E-state index contributed by atoms with van der Waals surface area (Å²) in [6.07, 6.45) is 7.66. The van der Waals surface area contributed by atoms with Crippen LogP contribution in [-0.2, 0) is 4.79 Å². The van der Waals surface area contributed by atoms with Gasteiger partial charge in [0, 0.05) is 23.6 Å². The maximum atomic E-state index is 12.0. The molecule has 0 aliphatic heterocycles. The Morgan fingerprint density at radius 2 is 2.03 bits per heavy atom. The van der Waals surface area contributed by atoms with Crippen molar-refractivity contribution in [1.82, 2.24) is 10.6 Å². The standard InChI is InChI=1S/C22H26N2O5/c1-14-12-20(26)29-21-15(2)18(9-8-17(14)21)28-13-19(25)24-22(27)23-11-10-16-6-4-3-5-7-16/h6,8-9,12H,3-5,7,10-11,13H2,1-2H3,(H2,23,24,25,27). The van der Waals surface area contributed by atoms with Gasteiger partial charge < -0.3 is 14.5 Å². The number of hydrogen-bond donors (Lipinski definition) is 2. The molecule has 154 valence electrons. The molecule has 0 bridgehead atoms. The van der Waals surface area contributed by atoms with Gasteiger partial charge in [0.25, 0.3) is 5.91 Å². The smallest absolute Gasteiger partial charge is 0.336 e. The zero-order valence-electron chi connectivity index (χ0n) is 16.8. The van der Waals surface area contributed by atoms with Crippen molar-refractivity contribution in [1.29, 1.82) is 0 Å². The first-order chi connectivity index (χ1) is 13.9. The lowest BCUT2D eigenvalue weighted by molar-refractivity contribution is -0.122. The van der Waals surface area contributed by atoms with Crippen LogP contribution in [0.5, 0.6) is 5.75 Å². The minimum atomic E-state index is -0.551. The number of rotatable bonds is 6. The summed E-state index contributed by atoms with van der Waals surface area (Å²) >= 11 is 0. The molecule has 29 heavy (non-hydrogen) atoms. The van der Waals surface area contributed by atoms with Crippen LogP contribution in [0, 0.1) is 13.8 Å². The number of nitrogens with one attached hydrogen (secondary N) is 2. The lowest BCUT2D eigenvalue weighted by Gasteiger charge is -2.13. The number of benzene rings is 1. The second-order valence-corrected chi connectivity index (χ2v) is 7.26. The molecule has 0 radical (unpaired) electrons. The predicted molar refractivity (Wildman–Crippen MR) is 110 cm³/mol. The van der Waals surface area contributed by atoms with Gasteiger partial charge in [0.1, 0.15) is 11.3 Å². The maximum Gasteiger partial charge on any atom is 0.336 e. The number of hydrogen-bond acceptors (Lipinski definition) is 5. The third-order valence-electron chi connectivity index (χ3n) is 5.05. The van der Waals surface area contributed by atoms with Gasteiger partial charge in [-0.25, -0.2) is 9.59 Å². The minimum Gasteiger partial charge on any atom is -0.483 e. The Bertz CT molecular complexity index is 1010. The molecule has 0 unspecified atom stereocenters. The highest BCUT2D eigenvalue weighted by atomic mass is 16.5. The molecule has 0 saturated carbocycles. The number of carbonyl (C=O) groups excluding carboxylic acids is 2. The Balaban J connectivity index is 1.50. The van der Waals surface area contributed by atoms with Crippen LogP contribution in [0.3, 0.4) is 0 Å². The average molecular weight is 398 g/mol. The van der Waals surface area contributed by atoms with Gasteiger partial charge in [0.2, 0.25) is 0 Å². The number of urea groups is 1. The Kier molecular flexibility index (Phi) is 6.69. The summed E-state index contributed by atoms with van der Waals surface area (Å²) in [6, 6.07) is 4.39. The number of ether oxygens (including phenoxy) is 1. The number of allylic oxidation sites excluding steroid dienone is 1. The van der Waals surface area contributed by atoms with E-state index in [1.54, 1.807) is 19.1 Å². The molecule has 0 saturated heterocycles. The van der Waals surface area contributed by atoms with E-state index in [0.717, 1.165) is 30.2 Å². The van der Waals surface area contributed by atoms with Crippen molar-refractivity contribution in [3.63, 3.8) is 0 Å². The van der Waals surface area contributed by atoms with Crippen molar-refractivity contribution in [2.75, 3.05) is 13.2 Å². The van der Waals surface area contributed by atoms with Crippen LogP contribution in [0.1, 0.15) is 43.2 Å². The van der Waals surface area contributed by atoms with Crippen molar-refractivity contribution in [2.45, 2.75) is 46.0 Å². The first-order valence-corrected chi connectivity index (χ1v) is 9.86. The Hall–Kier alpha value is -3.09. The monoisotopic (exact) mass is 398 g/mol. The lowest BCUT2D eigenvalue weighted by atomic mass is 9.97. The molecule has 1 heterocycles. The average Bonchev–Trinajstić information content (AvgIpc) is 2.68. The zero-order valence-corrected chi connectivity index (χ0v) is 16.8. The second-order valence-electron chi connectivity index (χ2n) is 7.26. The van der Waals surface area contributed by atoms with Gasteiger partial charge in [0.15, 0.2) is 6.61 Å². The second kappa shape index (κ2) is 9.41. The van der Waals surface area contributed by atoms with Gasteiger partial charge in [-0.05, 0) is 63.6 Å². The fourth-order valence-electron chi connectivity index (χ4n) is 3.48. The van der Waals surface area contributed by atoms with Crippen LogP contribution in [0.4, 0.5) is 4.79 Å². The SMILES string of the molecule is Cc1cc(=O)oc2c(C)c(OCC(=O)NC(=O)NCCC3=CCCCC3)ccc12. The molecule has 7 nitrogen and oxygen atoms in total. The largest absolute Gasteiger partial charge is 0.483 e. The van der Waals surface area contributed by atoms with E-state index in [1.165, 1.54) is 24.5 Å². The molecule has 3 rings (SSSR count). The van der Waals surface area contributed by atoms with Crippen LogP contribution < -0.4 is 21.0 Å². The molecule has 1 aliphatic carbocycles. The van der Waals surface area contributed by atoms with Gasteiger partial charge >= 0.3 is 11.7 Å². The molecule has 3 amide bonds. The third-order valence-corrected chi connectivity index (χ3v) is 5.05. The molecular formula is C22H26N2O5. The van der Waals surface area contributed by atoms with E-state index in [9.17, 15) is 14.4 Å². The fraction of sp³-hybridized carbons (Fsp3) is 0.409. The first-order valence-electron chi connectivity index (χ1n) is 9.86. The van der Waals surface area contributed by atoms with Crippen molar-refractivity contribution in [3.05, 3.63) is 51.4 Å². The summed E-state index contributed by atoms with van der Waals surface area (Å²) in [4.78, 5) is 35.5. The zero-order chi connectivity index (χ0) is 20.8. The van der Waals surface area contributed by atoms with E-state index in [4.69, 9.17) is 9.15 Å². The van der Waals surface area contributed by atoms with E-state index in [2.05, 4.69) is 16.7 Å². The molecule has 2 aromatic rings. The normalized spacial score (nSPS) is 13.7. The van der Waals surface area contributed by atoms with E-state index >= 15 is 0 Å². The van der Waals surface area contributed by atoms with Crippen LogP contribution in [0.2, 0.25) is 0 Å². The number of aryl methyl sites for hydroxylation is 2. The number of imide groups is 1. The van der Waals surface area contributed by atoms with E-state index in [-0.39, 0.29) is 6.61 Å². The Morgan fingerprint density at radius 3 is 2.79 bits per heavy atom. The van der Waals surface area contributed by atoms with E-state index < -0.39 is 17.6 Å². The number of amides is 3. The highest BCUT2D eigenvalue weighted by molar-refractivity contribution is 5.95. The Labute approximate surface area is 169 Å². The van der Waals surface area contributed by atoms with Crippen LogP contribution in [0.25, 0.3) is 11.0 Å². The molecule has 1 aliphatic rings. The van der Waals surface area contributed by atoms with Gasteiger partial charge in [0.05, 0.1) is 0 Å². The highest BCUT2D eigenvalue weighted by Gasteiger charge is 2.13. The van der Waals surface area contributed by atoms with Gasteiger partial charge in [-0.15, -0.1) is 0 Å². The van der Waals surface area contributed by atoms with Crippen LogP contribution in [0.15, 0.2) is 39.1 Å². The summed E-state index contributed by atoms with van der Waals surface area (Å²) in [6.45, 7) is 3.76. The summed E-state index contributed by atoms with van der Waals surface area (Å²) in [5.41, 5.74) is 2.79. The molecule has 0 atom stereocenters. The molecule has 2 N–H and O–H groups in total. The van der Waals surface area contributed by atoms with Crippen LogP contribution in [-0.4, -0.2) is 25.1 Å². The summed E-state index contributed by atoms with van der Waals surface area (Å²) in [7, 11) is 0. The van der Waals surface area contributed by atoms with Crippen molar-refractivity contribution in [3.8, 4) is 5.75 Å². The predicted octanol–water partition coefficient (Wildman–Crippen LogP) is 3.50. The minimum absolute atomic E-state index is 0.318. The van der Waals surface area contributed by atoms with Crippen LogP contribution >= 0.6 is 0 Å². The quantitative estimate of drug-likeness (QED) is 0.573. The van der Waals surface area contributed by atoms with Gasteiger partial charge in [-0.2, -0.15) is 0 Å². The first kappa shape index (κ1) is 20.6. The van der Waals surface area contributed by atoms with Crippen molar-refractivity contribution < 1.29 is 18.7 Å². The lowest BCUT2D eigenvalue weighted by Crippen LogP contribution is -2.42. The molecule has 0 spiro atoms. The summed E-state index contributed by atoms with van der Waals surface area (Å²) < 4.78 is 10.8. The van der Waals surface area contributed by atoms with E-state index in [0.29, 0.717) is 23.4 Å². The summed E-state index contributed by atoms with van der Waals surface area (Å²) in [5, 5.41) is 5.76. The van der Waals surface area contributed by atoms with Gasteiger partial charge in [-0.3, -0.25) is 10.1 Å². The van der Waals surface area contributed by atoms with E-state index in [1.807, 2.05) is 6.92 Å². The fourth-order valence-corrected chi connectivity index (χ4v) is 3.48. The number of fused-ring (bicyclic) bond motifs is 1. The number of carbonyl (C=O) groups is 2. The Morgan fingerprint density at radius 1 is 1.21 bits per heavy atom. The third kappa shape index (κ3) is 5.47. The van der Waals surface area contributed by atoms with Gasteiger partial charge in [-0.1, -0.05) is 11.6 Å². The molecule has 1 aromatic heterocycles. The highest BCUT2D eigenvalue weighted by Crippen LogP contribution is 2.28. The molecule has 0 fully saturated rings. The molecule has 7 heteroatoms. The topological polar surface area (TPSA) is 97.6 Å². The molecule has 1 aromatic carbocycles. The summed E-state index contributed by atoms with van der Waals surface area (Å²) in [5.74, 6) is -0.129. The van der Waals surface area contributed by atoms with Crippen molar-refractivity contribution in [2.24, 2.45) is 0 Å².